The zero-order chi connectivity index (χ0) is 27.5. The van der Waals surface area contributed by atoms with Gasteiger partial charge in [-0.1, -0.05) is 31.2 Å². The summed E-state index contributed by atoms with van der Waals surface area (Å²) < 4.78 is 10.1. The normalized spacial score (nSPS) is 12.6. The summed E-state index contributed by atoms with van der Waals surface area (Å²) in [6, 6.07) is 4.66. The Morgan fingerprint density at radius 1 is 1.06 bits per heavy atom. The molecule has 1 aromatic carbocycles. The quantitative estimate of drug-likeness (QED) is 0.363. The highest BCUT2D eigenvalue weighted by atomic mass is 16.6. The summed E-state index contributed by atoms with van der Waals surface area (Å²) in [6.07, 6.45) is -0.651. The highest BCUT2D eigenvalue weighted by Crippen LogP contribution is 2.22. The van der Waals surface area contributed by atoms with E-state index in [0.717, 1.165) is 16.9 Å². The molecule has 0 aliphatic carbocycles. The van der Waals surface area contributed by atoms with Crippen molar-refractivity contribution < 1.29 is 33.4 Å². The van der Waals surface area contributed by atoms with Crippen molar-refractivity contribution in [2.75, 3.05) is 20.2 Å². The Bertz CT molecular complexity index is 925. The van der Waals surface area contributed by atoms with Gasteiger partial charge in [0.05, 0.1) is 19.4 Å². The van der Waals surface area contributed by atoms with E-state index in [2.05, 4.69) is 10.6 Å². The fourth-order valence-corrected chi connectivity index (χ4v) is 3.33. The number of hydrogen-bond donors (Lipinski definition) is 3. The molecule has 0 saturated heterocycles. The molecule has 4 amide bonds. The second-order valence-corrected chi connectivity index (χ2v) is 9.16. The molecule has 11 heteroatoms. The molecule has 0 bridgehead atoms. The molecule has 2 atom stereocenters. The topological polar surface area (TPSA) is 157 Å². The van der Waals surface area contributed by atoms with Crippen molar-refractivity contribution in [2.45, 2.75) is 71.6 Å². The molecule has 0 fully saturated rings. The lowest BCUT2D eigenvalue weighted by Gasteiger charge is -2.31. The zero-order valence-electron chi connectivity index (χ0n) is 21.9. The van der Waals surface area contributed by atoms with Crippen LogP contribution in [-0.4, -0.2) is 66.5 Å². The van der Waals surface area contributed by atoms with Crippen LogP contribution in [0.2, 0.25) is 0 Å². The standard InChI is InChI=1S/C25H38N4O7/c1-7-16-9-11-17(12-10-16)21(22(32)27-14-13-20(31)35-8-2)29(6)23(33)18(15-19(26)30)28-24(34)36-25(3,4)5/h9-12,18,21H,7-8,13-15H2,1-6H3,(H2,26,30)(H,27,32)(H,28,34). The number of nitrogens with zero attached hydrogens (tertiary/aromatic N) is 1. The summed E-state index contributed by atoms with van der Waals surface area (Å²) in [6.45, 7) is 8.86. The maximum Gasteiger partial charge on any atom is 0.408 e. The van der Waals surface area contributed by atoms with Gasteiger partial charge in [-0.3, -0.25) is 19.2 Å². The highest BCUT2D eigenvalue weighted by molar-refractivity contribution is 5.94. The Balaban J connectivity index is 3.20. The van der Waals surface area contributed by atoms with E-state index in [1.807, 2.05) is 19.1 Å². The fraction of sp³-hybridized carbons (Fsp3) is 0.560. The van der Waals surface area contributed by atoms with Gasteiger partial charge in [0.15, 0.2) is 0 Å². The van der Waals surface area contributed by atoms with Crippen molar-refractivity contribution in [2.24, 2.45) is 5.73 Å². The van der Waals surface area contributed by atoms with Crippen LogP contribution >= 0.6 is 0 Å². The van der Waals surface area contributed by atoms with Gasteiger partial charge in [0.1, 0.15) is 17.7 Å². The smallest absolute Gasteiger partial charge is 0.408 e. The van der Waals surface area contributed by atoms with Gasteiger partial charge in [-0.25, -0.2) is 4.79 Å². The first-order valence-electron chi connectivity index (χ1n) is 11.9. The van der Waals surface area contributed by atoms with Gasteiger partial charge in [-0.05, 0) is 45.2 Å². The lowest BCUT2D eigenvalue weighted by molar-refractivity contribution is -0.143. The minimum absolute atomic E-state index is 0.00408. The van der Waals surface area contributed by atoms with Crippen molar-refractivity contribution >= 4 is 29.8 Å². The first-order valence-corrected chi connectivity index (χ1v) is 11.9. The maximum atomic E-state index is 13.4. The maximum absolute atomic E-state index is 13.4. The molecule has 0 spiro atoms. The summed E-state index contributed by atoms with van der Waals surface area (Å²) in [7, 11) is 1.39. The number of nitrogens with two attached hydrogens (primary N) is 1. The number of carbonyl (C=O) groups is 5. The molecule has 1 aromatic rings. The number of carbonyl (C=O) groups excluding carboxylic acids is 5. The number of alkyl carbamates (subject to hydrolysis) is 1. The molecule has 11 nitrogen and oxygen atoms in total. The molecule has 4 N–H and O–H groups in total. The summed E-state index contributed by atoms with van der Waals surface area (Å²) in [5.74, 6) is -2.55. The zero-order valence-corrected chi connectivity index (χ0v) is 21.9. The number of hydrogen-bond acceptors (Lipinski definition) is 7. The number of likely N-dealkylation sites (N-methyl/N-ethyl adjacent to an activating group) is 1. The van der Waals surface area contributed by atoms with E-state index in [4.69, 9.17) is 15.2 Å². The van der Waals surface area contributed by atoms with E-state index in [0.29, 0.717) is 5.56 Å². The summed E-state index contributed by atoms with van der Waals surface area (Å²) >= 11 is 0. The largest absolute Gasteiger partial charge is 0.466 e. The van der Waals surface area contributed by atoms with Gasteiger partial charge >= 0.3 is 12.1 Å². The second-order valence-electron chi connectivity index (χ2n) is 9.16. The predicted octanol–water partition coefficient (Wildman–Crippen LogP) is 1.59. The number of ether oxygens (including phenoxy) is 2. The summed E-state index contributed by atoms with van der Waals surface area (Å²) in [5.41, 5.74) is 6.01. The highest BCUT2D eigenvalue weighted by Gasteiger charge is 2.34. The van der Waals surface area contributed by atoms with Crippen LogP contribution < -0.4 is 16.4 Å². The van der Waals surface area contributed by atoms with Gasteiger partial charge in [-0.2, -0.15) is 0 Å². The van der Waals surface area contributed by atoms with Gasteiger partial charge in [0.2, 0.25) is 17.7 Å². The third kappa shape index (κ3) is 10.3. The van der Waals surface area contributed by atoms with Crippen LogP contribution in [0.5, 0.6) is 0 Å². The third-order valence-corrected chi connectivity index (χ3v) is 5.02. The molecule has 0 aromatic heterocycles. The molecule has 0 aliphatic rings. The van der Waals surface area contributed by atoms with Gasteiger partial charge in [-0.15, -0.1) is 0 Å². The Labute approximate surface area is 212 Å². The van der Waals surface area contributed by atoms with Crippen molar-refractivity contribution in [3.63, 3.8) is 0 Å². The number of esters is 1. The lowest BCUT2D eigenvalue weighted by atomic mass is 10.0. The van der Waals surface area contributed by atoms with E-state index >= 15 is 0 Å². The van der Waals surface area contributed by atoms with Crippen LogP contribution in [-0.2, 0) is 35.1 Å². The van der Waals surface area contributed by atoms with E-state index < -0.39 is 53.9 Å². The van der Waals surface area contributed by atoms with Crippen molar-refractivity contribution in [3.05, 3.63) is 35.4 Å². The predicted molar refractivity (Wildman–Crippen MR) is 133 cm³/mol. The Morgan fingerprint density at radius 3 is 2.17 bits per heavy atom. The van der Waals surface area contributed by atoms with Gasteiger partial charge in [0.25, 0.3) is 0 Å². The van der Waals surface area contributed by atoms with Crippen LogP contribution in [0.3, 0.4) is 0 Å². The Hall–Kier alpha value is -3.63. The average Bonchev–Trinajstić information content (AvgIpc) is 2.77. The van der Waals surface area contributed by atoms with Crippen molar-refractivity contribution in [3.8, 4) is 0 Å². The number of primary amides is 1. The number of benzene rings is 1. The molecular formula is C25H38N4O7. The Kier molecular flexibility index (Phi) is 11.9. The average molecular weight is 507 g/mol. The second kappa shape index (κ2) is 14.1. The minimum Gasteiger partial charge on any atom is -0.466 e. The van der Waals surface area contributed by atoms with Crippen LogP contribution in [0.1, 0.15) is 64.6 Å². The van der Waals surface area contributed by atoms with Crippen molar-refractivity contribution in [1.29, 1.82) is 0 Å². The van der Waals surface area contributed by atoms with E-state index in [-0.39, 0.29) is 19.6 Å². The summed E-state index contributed by atoms with van der Waals surface area (Å²) in [4.78, 5) is 63.3. The number of rotatable bonds is 12. The van der Waals surface area contributed by atoms with Gasteiger partial charge < -0.3 is 30.7 Å². The molecule has 0 saturated carbocycles. The molecule has 1 rings (SSSR count). The van der Waals surface area contributed by atoms with Crippen molar-refractivity contribution in [1.82, 2.24) is 15.5 Å². The van der Waals surface area contributed by atoms with Crippen LogP contribution in [0, 0.1) is 0 Å². The van der Waals surface area contributed by atoms with Crippen LogP contribution in [0.25, 0.3) is 0 Å². The molecular weight excluding hydrogens is 468 g/mol. The molecule has 36 heavy (non-hydrogen) atoms. The number of aryl methyl sites for hydroxylation is 1. The first-order chi connectivity index (χ1) is 16.8. The lowest BCUT2D eigenvalue weighted by Crippen LogP contribution is -2.52. The molecule has 0 radical (unpaired) electrons. The number of nitrogens with one attached hydrogen (secondary N) is 2. The Morgan fingerprint density at radius 2 is 1.67 bits per heavy atom. The van der Waals surface area contributed by atoms with E-state index in [1.165, 1.54) is 7.05 Å². The SMILES string of the molecule is CCOC(=O)CCNC(=O)C(c1ccc(CC)cc1)N(C)C(=O)C(CC(N)=O)NC(=O)OC(C)(C)C. The first kappa shape index (κ1) is 30.4. The molecule has 2 unspecified atom stereocenters. The monoisotopic (exact) mass is 506 g/mol. The fourth-order valence-electron chi connectivity index (χ4n) is 3.33. The van der Waals surface area contributed by atoms with E-state index in [9.17, 15) is 24.0 Å². The summed E-state index contributed by atoms with van der Waals surface area (Å²) in [5, 5.41) is 5.02. The van der Waals surface area contributed by atoms with Gasteiger partial charge in [0, 0.05) is 13.6 Å². The molecule has 0 aliphatic heterocycles. The molecule has 200 valence electrons. The van der Waals surface area contributed by atoms with Crippen LogP contribution in [0.15, 0.2) is 24.3 Å². The minimum atomic E-state index is -1.35. The van der Waals surface area contributed by atoms with E-state index in [1.54, 1.807) is 39.8 Å². The van der Waals surface area contributed by atoms with Crippen LogP contribution in [0.4, 0.5) is 4.79 Å². The molecule has 0 heterocycles. The third-order valence-electron chi connectivity index (χ3n) is 5.02. The number of amides is 4.